The molecule has 0 aliphatic heterocycles. The second kappa shape index (κ2) is 5.69. The maximum Gasteiger partial charge on any atom is 0.341 e. The zero-order valence-electron chi connectivity index (χ0n) is 8.22. The zero-order valence-corrected chi connectivity index (χ0v) is 12.0. The van der Waals surface area contributed by atoms with Crippen LogP contribution in [0.1, 0.15) is 23.7 Å². The summed E-state index contributed by atoms with van der Waals surface area (Å²) in [5.74, 6) is -0.361. The number of anilines is 1. The predicted molar refractivity (Wildman–Crippen MR) is 71.8 cm³/mol. The van der Waals surface area contributed by atoms with Crippen LogP contribution in [0.3, 0.4) is 0 Å². The average molecular weight is 384 g/mol. The van der Waals surface area contributed by atoms with Gasteiger partial charge in [0.1, 0.15) is 0 Å². The van der Waals surface area contributed by atoms with Crippen LogP contribution >= 0.6 is 38.5 Å². The second-order valence-corrected chi connectivity index (χ2v) is 4.89. The molecule has 0 unspecified atom stereocenters. The molecule has 0 aliphatic rings. The lowest BCUT2D eigenvalue weighted by molar-refractivity contribution is 0.0505. The van der Waals surface area contributed by atoms with Crippen molar-refractivity contribution in [1.82, 2.24) is 0 Å². The summed E-state index contributed by atoms with van der Waals surface area (Å²) in [6.07, 6.45) is 0.802. The molecule has 15 heavy (non-hydrogen) atoms. The number of rotatable bonds is 3. The lowest BCUT2D eigenvalue weighted by atomic mass is 10.2. The molecule has 0 bridgehead atoms. The topological polar surface area (TPSA) is 52.3 Å². The summed E-state index contributed by atoms with van der Waals surface area (Å²) in [4.78, 5) is 11.7. The Bertz CT molecular complexity index is 382. The number of esters is 1. The fourth-order valence-electron chi connectivity index (χ4n) is 1.04. The largest absolute Gasteiger partial charge is 0.462 e. The van der Waals surface area contributed by atoms with Crippen LogP contribution in [0.15, 0.2) is 16.6 Å². The van der Waals surface area contributed by atoms with Crippen LogP contribution in [0.2, 0.25) is 0 Å². The van der Waals surface area contributed by atoms with Crippen LogP contribution in [-0.2, 0) is 4.74 Å². The van der Waals surface area contributed by atoms with E-state index in [1.165, 1.54) is 0 Å². The molecule has 1 rings (SSSR count). The van der Waals surface area contributed by atoms with Crippen molar-refractivity contribution in [3.05, 3.63) is 25.7 Å². The highest BCUT2D eigenvalue weighted by Crippen LogP contribution is 2.27. The maximum absolute atomic E-state index is 11.7. The minimum atomic E-state index is -0.361. The molecule has 1 aromatic carbocycles. The van der Waals surface area contributed by atoms with Gasteiger partial charge in [-0.05, 0) is 57.1 Å². The average Bonchev–Trinajstić information content (AvgIpc) is 2.21. The van der Waals surface area contributed by atoms with Crippen molar-refractivity contribution >= 4 is 50.2 Å². The lowest BCUT2D eigenvalue weighted by Crippen LogP contribution is -2.11. The molecule has 0 fully saturated rings. The summed E-state index contributed by atoms with van der Waals surface area (Å²) in [5.41, 5.74) is 6.63. The van der Waals surface area contributed by atoms with Gasteiger partial charge in [0.05, 0.1) is 12.2 Å². The van der Waals surface area contributed by atoms with Gasteiger partial charge in [-0.1, -0.05) is 6.92 Å². The van der Waals surface area contributed by atoms with E-state index in [9.17, 15) is 4.79 Å². The van der Waals surface area contributed by atoms with Gasteiger partial charge < -0.3 is 10.5 Å². The van der Waals surface area contributed by atoms with Crippen LogP contribution in [0, 0.1) is 3.57 Å². The highest BCUT2D eigenvalue weighted by Gasteiger charge is 2.16. The molecule has 0 amide bonds. The fraction of sp³-hybridized carbons (Fsp3) is 0.300. The molecule has 2 N–H and O–H groups in total. The zero-order chi connectivity index (χ0) is 11.4. The molecular weight excluding hydrogens is 373 g/mol. The van der Waals surface area contributed by atoms with E-state index in [0.717, 1.165) is 14.5 Å². The summed E-state index contributed by atoms with van der Waals surface area (Å²) in [6.45, 7) is 2.36. The SMILES string of the molecule is CCCOC(=O)c1c(N)ccc(Br)c1I. The number of nitrogen functional groups attached to an aromatic ring is 1. The highest BCUT2D eigenvalue weighted by atomic mass is 127. The third-order valence-corrected chi connectivity index (χ3v) is 4.29. The van der Waals surface area contributed by atoms with Crippen molar-refractivity contribution in [1.29, 1.82) is 0 Å². The van der Waals surface area contributed by atoms with E-state index in [1.807, 2.05) is 13.0 Å². The van der Waals surface area contributed by atoms with E-state index in [0.29, 0.717) is 17.9 Å². The molecule has 82 valence electrons. The van der Waals surface area contributed by atoms with Crippen LogP contribution in [0.25, 0.3) is 0 Å². The summed E-state index contributed by atoms with van der Waals surface area (Å²) in [6, 6.07) is 3.50. The van der Waals surface area contributed by atoms with Gasteiger partial charge in [-0.25, -0.2) is 4.79 Å². The first-order valence-corrected chi connectivity index (χ1v) is 6.35. The van der Waals surface area contributed by atoms with E-state index >= 15 is 0 Å². The molecule has 0 spiro atoms. The van der Waals surface area contributed by atoms with Crippen LogP contribution < -0.4 is 5.73 Å². The number of ether oxygens (including phenoxy) is 1. The first kappa shape index (κ1) is 12.8. The Balaban J connectivity index is 3.02. The molecule has 0 heterocycles. The fourth-order valence-corrected chi connectivity index (χ4v) is 2.08. The molecule has 5 heteroatoms. The number of halogens is 2. The van der Waals surface area contributed by atoms with Crippen molar-refractivity contribution < 1.29 is 9.53 Å². The number of benzene rings is 1. The van der Waals surface area contributed by atoms with Gasteiger partial charge in [-0.2, -0.15) is 0 Å². The molecule has 0 saturated heterocycles. The predicted octanol–water partition coefficient (Wildman–Crippen LogP) is 3.20. The Hall–Kier alpha value is -0.300. The highest BCUT2D eigenvalue weighted by molar-refractivity contribution is 14.1. The molecule has 0 aromatic heterocycles. The van der Waals surface area contributed by atoms with Gasteiger partial charge in [0.2, 0.25) is 0 Å². The number of hydrogen-bond acceptors (Lipinski definition) is 3. The molecule has 0 aliphatic carbocycles. The van der Waals surface area contributed by atoms with E-state index in [2.05, 4.69) is 38.5 Å². The third kappa shape index (κ3) is 3.07. The van der Waals surface area contributed by atoms with Crippen molar-refractivity contribution in [2.75, 3.05) is 12.3 Å². The van der Waals surface area contributed by atoms with Crippen LogP contribution in [0.4, 0.5) is 5.69 Å². The van der Waals surface area contributed by atoms with Gasteiger partial charge in [-0.3, -0.25) is 0 Å². The smallest absolute Gasteiger partial charge is 0.341 e. The Morgan fingerprint density at radius 3 is 2.87 bits per heavy atom. The van der Waals surface area contributed by atoms with Crippen molar-refractivity contribution in [3.63, 3.8) is 0 Å². The molecular formula is C10H11BrINO2. The lowest BCUT2D eigenvalue weighted by Gasteiger charge is -2.09. The monoisotopic (exact) mass is 383 g/mol. The number of nitrogens with two attached hydrogens (primary N) is 1. The van der Waals surface area contributed by atoms with Gasteiger partial charge in [0.25, 0.3) is 0 Å². The minimum absolute atomic E-state index is 0.361. The van der Waals surface area contributed by atoms with E-state index < -0.39 is 0 Å². The van der Waals surface area contributed by atoms with Crippen molar-refractivity contribution in [2.45, 2.75) is 13.3 Å². The van der Waals surface area contributed by atoms with Crippen molar-refractivity contribution in [2.24, 2.45) is 0 Å². The normalized spacial score (nSPS) is 10.1. The minimum Gasteiger partial charge on any atom is -0.462 e. The maximum atomic E-state index is 11.7. The van der Waals surface area contributed by atoms with E-state index in [4.69, 9.17) is 10.5 Å². The number of hydrogen-bond donors (Lipinski definition) is 1. The summed E-state index contributed by atoms with van der Waals surface area (Å²) >= 11 is 5.42. The van der Waals surface area contributed by atoms with E-state index in [1.54, 1.807) is 6.07 Å². The van der Waals surface area contributed by atoms with E-state index in [-0.39, 0.29) is 5.97 Å². The molecule has 3 nitrogen and oxygen atoms in total. The number of carbonyl (C=O) groups excluding carboxylic acids is 1. The third-order valence-electron chi connectivity index (χ3n) is 1.77. The molecule has 0 radical (unpaired) electrons. The second-order valence-electron chi connectivity index (χ2n) is 2.96. The van der Waals surface area contributed by atoms with Crippen molar-refractivity contribution in [3.8, 4) is 0 Å². The van der Waals surface area contributed by atoms with Gasteiger partial charge in [0, 0.05) is 13.7 Å². The number of carbonyl (C=O) groups is 1. The molecule has 1 aromatic rings. The summed E-state index contributed by atoms with van der Waals surface area (Å²) < 4.78 is 6.68. The van der Waals surface area contributed by atoms with Gasteiger partial charge in [-0.15, -0.1) is 0 Å². The quantitative estimate of drug-likeness (QED) is 0.495. The molecule has 0 atom stereocenters. The Kier molecular flexibility index (Phi) is 4.85. The summed E-state index contributed by atoms with van der Waals surface area (Å²) in [5, 5.41) is 0. The first-order valence-electron chi connectivity index (χ1n) is 4.48. The van der Waals surface area contributed by atoms with Gasteiger partial charge >= 0.3 is 5.97 Å². The Morgan fingerprint density at radius 1 is 1.60 bits per heavy atom. The van der Waals surface area contributed by atoms with Gasteiger partial charge in [0.15, 0.2) is 0 Å². The first-order chi connectivity index (χ1) is 7.07. The molecule has 0 saturated carbocycles. The Morgan fingerprint density at radius 2 is 2.27 bits per heavy atom. The standard InChI is InChI=1S/C10H11BrINO2/c1-2-5-15-10(14)8-7(13)4-3-6(11)9(8)12/h3-4H,2,5,13H2,1H3. The summed E-state index contributed by atoms with van der Waals surface area (Å²) in [7, 11) is 0. The van der Waals surface area contributed by atoms with Crippen LogP contribution in [-0.4, -0.2) is 12.6 Å². The van der Waals surface area contributed by atoms with Crippen LogP contribution in [0.5, 0.6) is 0 Å². The Labute approximate surface area is 111 Å².